The van der Waals surface area contributed by atoms with Crippen molar-refractivity contribution in [3.05, 3.63) is 69.7 Å². The van der Waals surface area contributed by atoms with Gasteiger partial charge in [-0.15, -0.1) is 0 Å². The molecule has 2 rings (SSSR count). The minimum atomic E-state index is -0.540. The lowest BCUT2D eigenvalue weighted by Gasteiger charge is -2.09. The minimum Gasteiger partial charge on any atom is -0.467 e. The summed E-state index contributed by atoms with van der Waals surface area (Å²) in [5.74, 6) is -0.350. The van der Waals surface area contributed by atoms with Crippen molar-refractivity contribution >= 4 is 41.6 Å². The van der Waals surface area contributed by atoms with Gasteiger partial charge in [0.15, 0.2) is 0 Å². The third-order valence-electron chi connectivity index (χ3n) is 3.62. The molecule has 0 aromatic heterocycles. The fourth-order valence-corrected chi connectivity index (χ4v) is 2.46. The second kappa shape index (κ2) is 10.7. The van der Waals surface area contributed by atoms with Crippen LogP contribution in [-0.2, 0) is 9.53 Å². The highest BCUT2D eigenvalue weighted by molar-refractivity contribution is 6.30. The SMILES string of the molecule is COC(=O)C(CCC/N=C/c1ccc(Cl)cc1)/N=C/c1ccc(Cl)cc1. The largest absolute Gasteiger partial charge is 0.467 e. The molecule has 0 fully saturated rings. The van der Waals surface area contributed by atoms with Gasteiger partial charge in [-0.25, -0.2) is 4.79 Å². The molecule has 6 heteroatoms. The fourth-order valence-electron chi connectivity index (χ4n) is 2.21. The molecule has 1 unspecified atom stereocenters. The zero-order valence-corrected chi connectivity index (χ0v) is 16.0. The molecule has 0 saturated carbocycles. The van der Waals surface area contributed by atoms with Gasteiger partial charge in [-0.3, -0.25) is 9.98 Å². The molecule has 1 atom stereocenters. The molecule has 4 nitrogen and oxygen atoms in total. The highest BCUT2D eigenvalue weighted by Gasteiger charge is 2.16. The van der Waals surface area contributed by atoms with E-state index in [2.05, 4.69) is 9.98 Å². The van der Waals surface area contributed by atoms with Gasteiger partial charge in [-0.1, -0.05) is 47.5 Å². The van der Waals surface area contributed by atoms with Crippen molar-refractivity contribution in [2.45, 2.75) is 18.9 Å². The third-order valence-corrected chi connectivity index (χ3v) is 4.13. The molecule has 0 aliphatic rings. The Kier molecular flexibility index (Phi) is 8.32. The topological polar surface area (TPSA) is 51.0 Å². The molecule has 136 valence electrons. The summed E-state index contributed by atoms with van der Waals surface area (Å²) in [5, 5.41) is 1.35. The van der Waals surface area contributed by atoms with E-state index in [1.54, 1.807) is 24.6 Å². The maximum Gasteiger partial charge on any atom is 0.330 e. The number of hydrogen-bond donors (Lipinski definition) is 0. The van der Waals surface area contributed by atoms with Crippen LogP contribution in [0.25, 0.3) is 0 Å². The summed E-state index contributed by atoms with van der Waals surface area (Å²) < 4.78 is 4.83. The van der Waals surface area contributed by atoms with E-state index in [0.717, 1.165) is 17.5 Å². The zero-order valence-electron chi connectivity index (χ0n) is 14.4. The molecule has 0 aliphatic carbocycles. The van der Waals surface area contributed by atoms with Crippen LogP contribution in [0.2, 0.25) is 10.0 Å². The highest BCUT2D eigenvalue weighted by atomic mass is 35.5. The van der Waals surface area contributed by atoms with Gasteiger partial charge in [0.25, 0.3) is 0 Å². The third kappa shape index (κ3) is 6.98. The summed E-state index contributed by atoms with van der Waals surface area (Å²) in [5.41, 5.74) is 1.86. The maximum atomic E-state index is 11.9. The number of esters is 1. The molecule has 0 N–H and O–H groups in total. The molecule has 0 heterocycles. The lowest BCUT2D eigenvalue weighted by molar-refractivity contribution is -0.142. The monoisotopic (exact) mass is 390 g/mol. The summed E-state index contributed by atoms with van der Waals surface area (Å²) in [7, 11) is 1.37. The Hall–Kier alpha value is -2.17. The van der Waals surface area contributed by atoms with Crippen molar-refractivity contribution in [2.75, 3.05) is 13.7 Å². The maximum absolute atomic E-state index is 11.9. The number of aliphatic imine (C=N–C) groups is 2. The smallest absolute Gasteiger partial charge is 0.330 e. The van der Waals surface area contributed by atoms with E-state index in [1.165, 1.54) is 7.11 Å². The number of ether oxygens (including phenoxy) is 1. The molecular weight excluding hydrogens is 371 g/mol. The summed E-state index contributed by atoms with van der Waals surface area (Å²) >= 11 is 11.7. The number of carbonyl (C=O) groups excluding carboxylic acids is 1. The summed E-state index contributed by atoms with van der Waals surface area (Å²) in [6.07, 6.45) is 4.74. The lowest BCUT2D eigenvalue weighted by Crippen LogP contribution is -2.20. The Morgan fingerprint density at radius 2 is 1.54 bits per heavy atom. The standard InChI is InChI=1S/C20H20Cl2N2O2/c1-26-20(25)19(24-14-16-6-10-18(22)11-7-16)3-2-12-23-13-15-4-8-17(21)9-5-15/h4-11,13-14,19H,2-3,12H2,1H3/b23-13+,24-14+. The second-order valence-corrected chi connectivity index (χ2v) is 6.47. The fraction of sp³-hybridized carbons (Fsp3) is 0.250. The number of benzene rings is 2. The summed E-state index contributed by atoms with van der Waals surface area (Å²) in [6, 6.07) is 14.2. The van der Waals surface area contributed by atoms with Crippen molar-refractivity contribution < 1.29 is 9.53 Å². The van der Waals surface area contributed by atoms with Crippen molar-refractivity contribution in [3.63, 3.8) is 0 Å². The molecule has 0 aliphatic heterocycles. The quantitative estimate of drug-likeness (QED) is 0.367. The minimum absolute atomic E-state index is 0.350. The van der Waals surface area contributed by atoms with E-state index in [9.17, 15) is 4.79 Å². The van der Waals surface area contributed by atoms with Gasteiger partial charge in [-0.05, 0) is 48.2 Å². The van der Waals surface area contributed by atoms with Crippen molar-refractivity contribution in [2.24, 2.45) is 9.98 Å². The van der Waals surface area contributed by atoms with Crippen LogP contribution in [0.5, 0.6) is 0 Å². The van der Waals surface area contributed by atoms with Crippen molar-refractivity contribution in [3.8, 4) is 0 Å². The average molecular weight is 391 g/mol. The van der Waals surface area contributed by atoms with Crippen LogP contribution >= 0.6 is 23.2 Å². The Balaban J connectivity index is 1.86. The molecule has 2 aromatic carbocycles. The number of halogens is 2. The van der Waals surface area contributed by atoms with Gasteiger partial charge in [-0.2, -0.15) is 0 Å². The molecule has 26 heavy (non-hydrogen) atoms. The van der Waals surface area contributed by atoms with E-state index in [1.807, 2.05) is 36.4 Å². The molecule has 0 amide bonds. The number of rotatable bonds is 8. The van der Waals surface area contributed by atoms with Gasteiger partial charge < -0.3 is 4.74 Å². The molecule has 0 saturated heterocycles. The van der Waals surface area contributed by atoms with Crippen LogP contribution in [0.15, 0.2) is 58.5 Å². The predicted octanol–water partition coefficient (Wildman–Crippen LogP) is 4.85. The van der Waals surface area contributed by atoms with Crippen LogP contribution < -0.4 is 0 Å². The Morgan fingerprint density at radius 3 is 2.08 bits per heavy atom. The molecular formula is C20H20Cl2N2O2. The highest BCUT2D eigenvalue weighted by Crippen LogP contribution is 2.10. The molecule has 0 bridgehead atoms. The van der Waals surface area contributed by atoms with Gasteiger partial charge in [0, 0.05) is 29.0 Å². The number of methoxy groups -OCH3 is 1. The van der Waals surface area contributed by atoms with Crippen molar-refractivity contribution in [1.82, 2.24) is 0 Å². The normalized spacial score (nSPS) is 12.6. The first kappa shape index (κ1) is 20.1. The van der Waals surface area contributed by atoms with Gasteiger partial charge in [0.05, 0.1) is 7.11 Å². The molecule has 0 radical (unpaired) electrons. The summed E-state index contributed by atoms with van der Waals surface area (Å²) in [6.45, 7) is 0.604. The molecule has 2 aromatic rings. The van der Waals surface area contributed by atoms with E-state index in [-0.39, 0.29) is 5.97 Å². The van der Waals surface area contributed by atoms with Gasteiger partial charge in [0.2, 0.25) is 0 Å². The first-order chi connectivity index (χ1) is 12.6. The van der Waals surface area contributed by atoms with E-state index < -0.39 is 6.04 Å². The first-order valence-electron chi connectivity index (χ1n) is 8.20. The summed E-state index contributed by atoms with van der Waals surface area (Å²) in [4.78, 5) is 20.6. The van der Waals surface area contributed by atoms with E-state index in [0.29, 0.717) is 23.0 Å². The Labute approximate surface area is 163 Å². The Morgan fingerprint density at radius 1 is 1.00 bits per heavy atom. The van der Waals surface area contributed by atoms with E-state index in [4.69, 9.17) is 27.9 Å². The first-order valence-corrected chi connectivity index (χ1v) is 8.96. The van der Waals surface area contributed by atoms with Crippen LogP contribution in [0.3, 0.4) is 0 Å². The van der Waals surface area contributed by atoms with Gasteiger partial charge in [0.1, 0.15) is 6.04 Å². The Bertz CT molecular complexity index is 756. The molecule has 0 spiro atoms. The average Bonchev–Trinajstić information content (AvgIpc) is 2.66. The van der Waals surface area contributed by atoms with Crippen LogP contribution in [0, 0.1) is 0 Å². The van der Waals surface area contributed by atoms with Gasteiger partial charge >= 0.3 is 5.97 Å². The second-order valence-electron chi connectivity index (χ2n) is 5.60. The zero-order chi connectivity index (χ0) is 18.8. The van der Waals surface area contributed by atoms with Crippen molar-refractivity contribution in [1.29, 1.82) is 0 Å². The van der Waals surface area contributed by atoms with Crippen LogP contribution in [0.4, 0.5) is 0 Å². The van der Waals surface area contributed by atoms with E-state index >= 15 is 0 Å². The van der Waals surface area contributed by atoms with Crippen LogP contribution in [0.1, 0.15) is 24.0 Å². The lowest BCUT2D eigenvalue weighted by atomic mass is 10.1. The number of nitrogens with zero attached hydrogens (tertiary/aromatic N) is 2. The predicted molar refractivity (Wildman–Crippen MR) is 108 cm³/mol. The number of carbonyl (C=O) groups is 1. The van der Waals surface area contributed by atoms with Crippen LogP contribution in [-0.4, -0.2) is 38.1 Å². The number of hydrogen-bond acceptors (Lipinski definition) is 4.